The molecule has 1 aromatic heterocycles. The maximum Gasteiger partial charge on any atom is 0.169 e. The first-order valence-electron chi connectivity index (χ1n) is 5.87. The van der Waals surface area contributed by atoms with E-state index in [4.69, 9.17) is 9.15 Å². The van der Waals surface area contributed by atoms with E-state index in [1.165, 1.54) is 0 Å². The first-order chi connectivity index (χ1) is 8.72. The standard InChI is InChI=1S/C14H15BrO3/c1-2-9-17-11-6-4-3-5-10(11)14(16)12-7-8-13(15)18-12/h3-8,14,16H,2,9H2,1H3. The summed E-state index contributed by atoms with van der Waals surface area (Å²) in [6.07, 6.45) is 0.112. The first kappa shape index (κ1) is 13.2. The Balaban J connectivity index is 2.26. The van der Waals surface area contributed by atoms with Crippen molar-refractivity contribution in [1.29, 1.82) is 0 Å². The van der Waals surface area contributed by atoms with Crippen LogP contribution in [0.2, 0.25) is 0 Å². The number of aliphatic hydroxyl groups is 1. The van der Waals surface area contributed by atoms with Crippen LogP contribution < -0.4 is 4.74 Å². The molecule has 0 bridgehead atoms. The highest BCUT2D eigenvalue weighted by atomic mass is 79.9. The van der Waals surface area contributed by atoms with Crippen LogP contribution in [0.3, 0.4) is 0 Å². The van der Waals surface area contributed by atoms with E-state index in [1.807, 2.05) is 31.2 Å². The highest BCUT2D eigenvalue weighted by molar-refractivity contribution is 9.10. The number of hydrogen-bond donors (Lipinski definition) is 1. The van der Waals surface area contributed by atoms with Crippen molar-refractivity contribution in [2.75, 3.05) is 6.61 Å². The van der Waals surface area contributed by atoms with Crippen LogP contribution in [0.4, 0.5) is 0 Å². The Morgan fingerprint density at radius 1 is 1.28 bits per heavy atom. The van der Waals surface area contributed by atoms with Gasteiger partial charge in [-0.15, -0.1) is 0 Å². The van der Waals surface area contributed by atoms with E-state index in [2.05, 4.69) is 15.9 Å². The Hall–Kier alpha value is -1.26. The average Bonchev–Trinajstić information content (AvgIpc) is 2.82. The van der Waals surface area contributed by atoms with Crippen molar-refractivity contribution in [3.05, 3.63) is 52.4 Å². The maximum absolute atomic E-state index is 10.3. The number of para-hydroxylation sites is 1. The molecule has 0 saturated carbocycles. The molecule has 2 rings (SSSR count). The smallest absolute Gasteiger partial charge is 0.169 e. The summed E-state index contributed by atoms with van der Waals surface area (Å²) in [6.45, 7) is 2.67. The third-order valence-electron chi connectivity index (χ3n) is 2.54. The Morgan fingerprint density at radius 2 is 2.06 bits per heavy atom. The van der Waals surface area contributed by atoms with Crippen LogP contribution in [-0.2, 0) is 0 Å². The Morgan fingerprint density at radius 3 is 2.72 bits per heavy atom. The fourth-order valence-corrected chi connectivity index (χ4v) is 2.00. The van der Waals surface area contributed by atoms with Gasteiger partial charge in [0.15, 0.2) is 4.67 Å². The van der Waals surface area contributed by atoms with Crippen LogP contribution in [-0.4, -0.2) is 11.7 Å². The van der Waals surface area contributed by atoms with Crippen LogP contribution in [0.5, 0.6) is 5.75 Å². The molecule has 0 amide bonds. The Bertz CT molecular complexity index is 507. The van der Waals surface area contributed by atoms with Gasteiger partial charge in [-0.05, 0) is 40.5 Å². The van der Waals surface area contributed by atoms with Crippen molar-refractivity contribution >= 4 is 15.9 Å². The zero-order valence-electron chi connectivity index (χ0n) is 10.1. The van der Waals surface area contributed by atoms with E-state index in [0.29, 0.717) is 28.3 Å². The maximum atomic E-state index is 10.3. The summed E-state index contributed by atoms with van der Waals surface area (Å²) in [5, 5.41) is 10.3. The monoisotopic (exact) mass is 310 g/mol. The average molecular weight is 311 g/mol. The second-order valence-electron chi connectivity index (χ2n) is 3.93. The molecular formula is C14H15BrO3. The van der Waals surface area contributed by atoms with E-state index in [1.54, 1.807) is 12.1 Å². The van der Waals surface area contributed by atoms with Gasteiger partial charge >= 0.3 is 0 Å². The van der Waals surface area contributed by atoms with Crippen LogP contribution in [0.25, 0.3) is 0 Å². The molecule has 0 fully saturated rings. The largest absolute Gasteiger partial charge is 0.493 e. The van der Waals surface area contributed by atoms with Gasteiger partial charge in [0.25, 0.3) is 0 Å². The fourth-order valence-electron chi connectivity index (χ4n) is 1.68. The van der Waals surface area contributed by atoms with Gasteiger partial charge in [0.05, 0.1) is 6.61 Å². The Kier molecular flexibility index (Phi) is 4.44. The number of benzene rings is 1. The molecule has 2 aromatic rings. The minimum Gasteiger partial charge on any atom is -0.493 e. The summed E-state index contributed by atoms with van der Waals surface area (Å²) in [6, 6.07) is 11.0. The molecule has 1 unspecified atom stereocenters. The van der Waals surface area contributed by atoms with E-state index >= 15 is 0 Å². The summed E-state index contributed by atoms with van der Waals surface area (Å²) in [4.78, 5) is 0. The van der Waals surface area contributed by atoms with E-state index in [9.17, 15) is 5.11 Å². The number of ether oxygens (including phenoxy) is 1. The molecule has 0 aliphatic rings. The lowest BCUT2D eigenvalue weighted by Crippen LogP contribution is -2.04. The van der Waals surface area contributed by atoms with Gasteiger partial charge in [0, 0.05) is 5.56 Å². The predicted octanol–water partition coefficient (Wildman–Crippen LogP) is 3.91. The molecule has 1 heterocycles. The second kappa shape index (κ2) is 6.07. The SMILES string of the molecule is CCCOc1ccccc1C(O)c1ccc(Br)o1. The van der Waals surface area contributed by atoms with Crippen molar-refractivity contribution < 1.29 is 14.3 Å². The summed E-state index contributed by atoms with van der Waals surface area (Å²) in [5.41, 5.74) is 0.716. The van der Waals surface area contributed by atoms with Crippen molar-refractivity contribution in [3.63, 3.8) is 0 Å². The summed E-state index contributed by atoms with van der Waals surface area (Å²) < 4.78 is 11.6. The lowest BCUT2D eigenvalue weighted by Gasteiger charge is -2.14. The summed E-state index contributed by atoms with van der Waals surface area (Å²) in [5.74, 6) is 1.19. The normalized spacial score (nSPS) is 12.4. The lowest BCUT2D eigenvalue weighted by atomic mass is 10.1. The highest BCUT2D eigenvalue weighted by Gasteiger charge is 2.18. The van der Waals surface area contributed by atoms with Crippen LogP contribution >= 0.6 is 15.9 Å². The molecule has 3 nitrogen and oxygen atoms in total. The molecule has 0 aliphatic carbocycles. The van der Waals surface area contributed by atoms with Gasteiger partial charge in [-0.2, -0.15) is 0 Å². The zero-order chi connectivity index (χ0) is 13.0. The molecule has 0 spiro atoms. The first-order valence-corrected chi connectivity index (χ1v) is 6.66. The molecule has 18 heavy (non-hydrogen) atoms. The highest BCUT2D eigenvalue weighted by Crippen LogP contribution is 2.31. The van der Waals surface area contributed by atoms with Crippen molar-refractivity contribution in [2.24, 2.45) is 0 Å². The van der Waals surface area contributed by atoms with Crippen LogP contribution in [0, 0.1) is 0 Å². The summed E-state index contributed by atoms with van der Waals surface area (Å²) >= 11 is 3.22. The van der Waals surface area contributed by atoms with Gasteiger partial charge in [-0.3, -0.25) is 0 Å². The number of furan rings is 1. The quantitative estimate of drug-likeness (QED) is 0.910. The van der Waals surface area contributed by atoms with Gasteiger partial charge < -0.3 is 14.3 Å². The van der Waals surface area contributed by atoms with E-state index in [-0.39, 0.29) is 0 Å². The van der Waals surface area contributed by atoms with Crippen molar-refractivity contribution in [1.82, 2.24) is 0 Å². The zero-order valence-corrected chi connectivity index (χ0v) is 11.7. The van der Waals surface area contributed by atoms with Gasteiger partial charge in [0.2, 0.25) is 0 Å². The molecule has 0 aliphatic heterocycles. The minimum atomic E-state index is -0.815. The lowest BCUT2D eigenvalue weighted by molar-refractivity contribution is 0.181. The molecule has 1 aromatic carbocycles. The van der Waals surface area contributed by atoms with Gasteiger partial charge in [-0.1, -0.05) is 25.1 Å². The molecule has 4 heteroatoms. The number of halogens is 1. The summed E-state index contributed by atoms with van der Waals surface area (Å²) in [7, 11) is 0. The third-order valence-corrected chi connectivity index (χ3v) is 2.96. The van der Waals surface area contributed by atoms with Crippen molar-refractivity contribution in [2.45, 2.75) is 19.4 Å². The topological polar surface area (TPSA) is 42.6 Å². The number of aliphatic hydroxyl groups excluding tert-OH is 1. The molecule has 0 saturated heterocycles. The molecular weight excluding hydrogens is 296 g/mol. The Labute approximate surface area is 115 Å². The van der Waals surface area contributed by atoms with Crippen LogP contribution in [0.15, 0.2) is 45.5 Å². The minimum absolute atomic E-state index is 0.495. The fraction of sp³-hybridized carbons (Fsp3) is 0.286. The van der Waals surface area contributed by atoms with E-state index < -0.39 is 6.10 Å². The predicted molar refractivity (Wildman–Crippen MR) is 72.7 cm³/mol. The van der Waals surface area contributed by atoms with E-state index in [0.717, 1.165) is 6.42 Å². The van der Waals surface area contributed by atoms with Gasteiger partial charge in [0.1, 0.15) is 17.6 Å². The van der Waals surface area contributed by atoms with Crippen LogP contribution in [0.1, 0.15) is 30.8 Å². The molecule has 0 radical (unpaired) electrons. The molecule has 1 N–H and O–H groups in total. The molecule has 1 atom stereocenters. The number of hydrogen-bond acceptors (Lipinski definition) is 3. The molecule has 96 valence electrons. The van der Waals surface area contributed by atoms with Gasteiger partial charge in [-0.25, -0.2) is 0 Å². The second-order valence-corrected chi connectivity index (χ2v) is 4.71. The van der Waals surface area contributed by atoms with Crippen molar-refractivity contribution in [3.8, 4) is 5.75 Å². The third kappa shape index (κ3) is 2.94. The number of rotatable bonds is 5.